The highest BCUT2D eigenvalue weighted by Crippen LogP contribution is 2.35. The number of carbonyl (C=O) groups excluding carboxylic acids is 1. The molecular formula is C18H34ClN3O. The average molecular weight is 344 g/mol. The van der Waals surface area contributed by atoms with Crippen molar-refractivity contribution >= 4 is 18.3 Å². The molecule has 1 amide bonds. The van der Waals surface area contributed by atoms with Crippen LogP contribution >= 0.6 is 12.4 Å². The van der Waals surface area contributed by atoms with Gasteiger partial charge in [0, 0.05) is 25.2 Å². The second-order valence-electron chi connectivity index (χ2n) is 7.46. The van der Waals surface area contributed by atoms with E-state index in [1.807, 2.05) is 0 Å². The first-order valence-electron chi connectivity index (χ1n) is 9.54. The number of nitrogens with zero attached hydrogens (tertiary/aromatic N) is 2. The van der Waals surface area contributed by atoms with Crippen LogP contribution in [0.25, 0.3) is 0 Å². The number of carbonyl (C=O) groups is 1. The zero-order valence-electron chi connectivity index (χ0n) is 14.6. The molecule has 23 heavy (non-hydrogen) atoms. The van der Waals surface area contributed by atoms with Crippen LogP contribution in [-0.2, 0) is 4.79 Å². The summed E-state index contributed by atoms with van der Waals surface area (Å²) in [6.45, 7) is 7.08. The molecule has 1 aliphatic carbocycles. The van der Waals surface area contributed by atoms with E-state index in [0.29, 0.717) is 24.5 Å². The van der Waals surface area contributed by atoms with E-state index in [-0.39, 0.29) is 12.4 Å². The molecule has 3 fully saturated rings. The Labute approximate surface area is 147 Å². The topological polar surface area (TPSA) is 35.6 Å². The van der Waals surface area contributed by atoms with Crippen molar-refractivity contribution in [2.45, 2.75) is 70.4 Å². The summed E-state index contributed by atoms with van der Waals surface area (Å²) >= 11 is 0. The minimum Gasteiger partial charge on any atom is -0.338 e. The van der Waals surface area contributed by atoms with Crippen LogP contribution in [0.4, 0.5) is 0 Å². The van der Waals surface area contributed by atoms with Gasteiger partial charge in [-0.25, -0.2) is 0 Å². The highest BCUT2D eigenvalue weighted by Gasteiger charge is 2.36. The van der Waals surface area contributed by atoms with Crippen molar-refractivity contribution in [2.75, 3.05) is 32.7 Å². The Bertz CT molecular complexity index is 371. The van der Waals surface area contributed by atoms with Crippen molar-refractivity contribution in [3.05, 3.63) is 0 Å². The summed E-state index contributed by atoms with van der Waals surface area (Å²) < 4.78 is 0. The molecule has 0 bridgehead atoms. The van der Waals surface area contributed by atoms with Gasteiger partial charge in [0.1, 0.15) is 0 Å². The van der Waals surface area contributed by atoms with Gasteiger partial charge in [0.05, 0.1) is 6.54 Å². The number of hydrogen-bond acceptors (Lipinski definition) is 3. The van der Waals surface area contributed by atoms with Crippen LogP contribution in [0, 0.1) is 5.92 Å². The average Bonchev–Trinajstić information content (AvgIpc) is 3.08. The van der Waals surface area contributed by atoms with Crippen molar-refractivity contribution in [3.8, 4) is 0 Å². The Kier molecular flexibility index (Phi) is 7.64. The molecule has 3 unspecified atom stereocenters. The SMILES string of the molecule is CCCN(CC(=O)N1CCCC2CCCCC21)C1CCNC1.Cl. The Morgan fingerprint density at radius 1 is 1.17 bits per heavy atom. The van der Waals surface area contributed by atoms with E-state index in [1.54, 1.807) is 0 Å². The maximum atomic E-state index is 13.0. The summed E-state index contributed by atoms with van der Waals surface area (Å²) in [5, 5.41) is 3.44. The fourth-order valence-electron chi connectivity index (χ4n) is 4.83. The highest BCUT2D eigenvalue weighted by atomic mass is 35.5. The molecule has 1 N–H and O–H groups in total. The predicted molar refractivity (Wildman–Crippen MR) is 97.1 cm³/mol. The van der Waals surface area contributed by atoms with Crippen LogP contribution in [0.15, 0.2) is 0 Å². The van der Waals surface area contributed by atoms with Gasteiger partial charge in [0.2, 0.25) is 5.91 Å². The monoisotopic (exact) mass is 343 g/mol. The number of halogens is 1. The molecule has 4 nitrogen and oxygen atoms in total. The molecule has 2 saturated heterocycles. The molecule has 1 saturated carbocycles. The molecule has 0 radical (unpaired) electrons. The van der Waals surface area contributed by atoms with Crippen molar-refractivity contribution in [3.63, 3.8) is 0 Å². The van der Waals surface area contributed by atoms with Crippen LogP contribution in [-0.4, -0.2) is 60.5 Å². The van der Waals surface area contributed by atoms with Gasteiger partial charge in [-0.15, -0.1) is 12.4 Å². The Morgan fingerprint density at radius 2 is 1.96 bits per heavy atom. The summed E-state index contributed by atoms with van der Waals surface area (Å²) in [5.41, 5.74) is 0. The number of amides is 1. The molecule has 3 atom stereocenters. The lowest BCUT2D eigenvalue weighted by Gasteiger charge is -2.45. The van der Waals surface area contributed by atoms with Gasteiger partial charge in [-0.3, -0.25) is 9.69 Å². The number of rotatable bonds is 5. The van der Waals surface area contributed by atoms with Crippen LogP contribution in [0.3, 0.4) is 0 Å². The van der Waals surface area contributed by atoms with Gasteiger partial charge >= 0.3 is 0 Å². The highest BCUT2D eigenvalue weighted by molar-refractivity contribution is 5.85. The summed E-state index contributed by atoms with van der Waals surface area (Å²) in [4.78, 5) is 17.7. The first-order valence-corrected chi connectivity index (χ1v) is 9.54. The maximum absolute atomic E-state index is 13.0. The number of likely N-dealkylation sites (tertiary alicyclic amines) is 1. The Balaban J connectivity index is 0.00000192. The lowest BCUT2D eigenvalue weighted by molar-refractivity contribution is -0.139. The van der Waals surface area contributed by atoms with E-state index < -0.39 is 0 Å². The number of nitrogens with one attached hydrogen (secondary N) is 1. The zero-order chi connectivity index (χ0) is 15.4. The number of fused-ring (bicyclic) bond motifs is 1. The normalized spacial score (nSPS) is 30.9. The first kappa shape index (κ1) is 19.0. The molecular weight excluding hydrogens is 310 g/mol. The summed E-state index contributed by atoms with van der Waals surface area (Å²) in [5.74, 6) is 1.19. The largest absolute Gasteiger partial charge is 0.338 e. The van der Waals surface area contributed by atoms with Crippen molar-refractivity contribution in [1.29, 1.82) is 0 Å². The minimum atomic E-state index is 0. The Morgan fingerprint density at radius 3 is 2.70 bits per heavy atom. The van der Waals surface area contributed by atoms with E-state index >= 15 is 0 Å². The van der Waals surface area contributed by atoms with E-state index in [0.717, 1.165) is 38.5 Å². The smallest absolute Gasteiger partial charge is 0.237 e. The van der Waals surface area contributed by atoms with E-state index in [4.69, 9.17) is 0 Å². The lowest BCUT2D eigenvalue weighted by atomic mass is 9.78. The van der Waals surface area contributed by atoms with Crippen LogP contribution in [0.1, 0.15) is 58.3 Å². The third-order valence-corrected chi connectivity index (χ3v) is 5.96. The molecule has 2 heterocycles. The second kappa shape index (κ2) is 9.24. The lowest BCUT2D eigenvalue weighted by Crippen LogP contribution is -2.53. The van der Waals surface area contributed by atoms with Crippen LogP contribution in [0.5, 0.6) is 0 Å². The minimum absolute atomic E-state index is 0. The fourth-order valence-corrected chi connectivity index (χ4v) is 4.83. The third kappa shape index (κ3) is 4.61. The molecule has 3 aliphatic rings. The van der Waals surface area contributed by atoms with Gasteiger partial charge in [-0.1, -0.05) is 19.8 Å². The van der Waals surface area contributed by atoms with Gasteiger partial charge in [0.25, 0.3) is 0 Å². The van der Waals surface area contributed by atoms with Gasteiger partial charge in [-0.05, 0) is 57.5 Å². The summed E-state index contributed by atoms with van der Waals surface area (Å²) in [6.07, 6.45) is 10.2. The van der Waals surface area contributed by atoms with Crippen molar-refractivity contribution in [2.24, 2.45) is 5.92 Å². The molecule has 134 valence electrons. The van der Waals surface area contributed by atoms with E-state index in [1.165, 1.54) is 44.9 Å². The molecule has 0 aromatic rings. The fraction of sp³-hybridized carbons (Fsp3) is 0.944. The zero-order valence-corrected chi connectivity index (χ0v) is 15.5. The van der Waals surface area contributed by atoms with E-state index in [2.05, 4.69) is 22.0 Å². The predicted octanol–water partition coefficient (Wildman–Crippen LogP) is 2.66. The van der Waals surface area contributed by atoms with Gasteiger partial charge < -0.3 is 10.2 Å². The molecule has 0 aromatic heterocycles. The van der Waals surface area contributed by atoms with Gasteiger partial charge in [0.15, 0.2) is 0 Å². The first-order chi connectivity index (χ1) is 10.8. The molecule has 0 aromatic carbocycles. The van der Waals surface area contributed by atoms with Gasteiger partial charge in [-0.2, -0.15) is 0 Å². The number of hydrogen-bond donors (Lipinski definition) is 1. The second-order valence-corrected chi connectivity index (χ2v) is 7.46. The number of piperidine rings is 1. The summed E-state index contributed by atoms with van der Waals surface area (Å²) in [6, 6.07) is 1.12. The van der Waals surface area contributed by atoms with E-state index in [9.17, 15) is 4.79 Å². The molecule has 2 aliphatic heterocycles. The quantitative estimate of drug-likeness (QED) is 0.833. The molecule has 0 spiro atoms. The third-order valence-electron chi connectivity index (χ3n) is 5.96. The standard InChI is InChI=1S/C18H33N3O.ClH/c1-2-11-20(16-9-10-19-13-16)14-18(22)21-12-5-7-15-6-3-4-8-17(15)21;/h15-17,19H,2-14H2,1H3;1H. The maximum Gasteiger partial charge on any atom is 0.237 e. The van der Waals surface area contributed by atoms with Crippen LogP contribution < -0.4 is 5.32 Å². The van der Waals surface area contributed by atoms with Crippen molar-refractivity contribution < 1.29 is 4.79 Å². The van der Waals surface area contributed by atoms with Crippen LogP contribution in [0.2, 0.25) is 0 Å². The molecule has 5 heteroatoms. The Hall–Kier alpha value is -0.320. The molecule has 3 rings (SSSR count). The van der Waals surface area contributed by atoms with Crippen molar-refractivity contribution in [1.82, 2.24) is 15.1 Å². The summed E-state index contributed by atoms with van der Waals surface area (Å²) in [7, 11) is 0.